The summed E-state index contributed by atoms with van der Waals surface area (Å²) in [5.74, 6) is -1.41. The third-order valence-electron chi connectivity index (χ3n) is 13.0. The first-order chi connectivity index (χ1) is 36.5. The second-order valence-electron chi connectivity index (χ2n) is 21.2. The van der Waals surface area contributed by atoms with Crippen molar-refractivity contribution in [2.45, 2.75) is 297 Å². The van der Waals surface area contributed by atoms with Crippen molar-refractivity contribution >= 4 is 39.5 Å². The highest BCUT2D eigenvalue weighted by molar-refractivity contribution is 7.47. The van der Waals surface area contributed by atoms with E-state index in [-0.39, 0.29) is 25.7 Å². The third-order valence-corrected chi connectivity index (χ3v) is 14.9. The minimum Gasteiger partial charge on any atom is -0.462 e. The first-order valence-corrected chi connectivity index (χ1v) is 33.1. The van der Waals surface area contributed by atoms with Crippen molar-refractivity contribution in [1.82, 2.24) is 0 Å². The Kier molecular flexibility index (Phi) is 49.9. The number of esters is 4. The summed E-state index contributed by atoms with van der Waals surface area (Å²) in [5.41, 5.74) is 0. The molecule has 0 heterocycles. The van der Waals surface area contributed by atoms with Gasteiger partial charge in [0, 0.05) is 25.7 Å². The van der Waals surface area contributed by atoms with E-state index in [2.05, 4.69) is 34.6 Å². The molecule has 0 aromatic heterocycles. The molecule has 76 heavy (non-hydrogen) atoms. The Balaban J connectivity index is 5.17. The number of phosphoric acid groups is 2. The number of hydrogen-bond acceptors (Lipinski definition) is 15. The van der Waals surface area contributed by atoms with Gasteiger partial charge in [-0.2, -0.15) is 0 Å². The van der Waals surface area contributed by atoms with Crippen molar-refractivity contribution < 1.29 is 80.2 Å². The van der Waals surface area contributed by atoms with E-state index in [1.54, 1.807) is 0 Å². The van der Waals surface area contributed by atoms with Gasteiger partial charge in [-0.15, -0.1) is 0 Å². The van der Waals surface area contributed by atoms with E-state index in [1.165, 1.54) is 83.5 Å². The molecular formula is C57H110O17P2. The maximum absolute atomic E-state index is 12.9. The van der Waals surface area contributed by atoms with Gasteiger partial charge in [-0.1, -0.05) is 227 Å². The van der Waals surface area contributed by atoms with Crippen LogP contribution < -0.4 is 0 Å². The van der Waals surface area contributed by atoms with Crippen molar-refractivity contribution in [3.05, 3.63) is 0 Å². The topological polar surface area (TPSA) is 237 Å². The highest BCUT2D eigenvalue weighted by atomic mass is 31.2. The van der Waals surface area contributed by atoms with E-state index < -0.39 is 97.5 Å². The summed E-state index contributed by atoms with van der Waals surface area (Å²) in [7, 11) is -9.86. The Morgan fingerprint density at radius 1 is 0.355 bits per heavy atom. The second-order valence-corrected chi connectivity index (χ2v) is 24.1. The highest BCUT2D eigenvalue weighted by Gasteiger charge is 2.30. The molecule has 0 bridgehead atoms. The van der Waals surface area contributed by atoms with Gasteiger partial charge in [0.05, 0.1) is 26.4 Å². The van der Waals surface area contributed by atoms with E-state index in [9.17, 15) is 43.2 Å². The molecule has 0 aliphatic heterocycles. The highest BCUT2D eigenvalue weighted by Crippen LogP contribution is 2.45. The molecule has 450 valence electrons. The lowest BCUT2D eigenvalue weighted by atomic mass is 10.0. The molecule has 0 aromatic carbocycles. The predicted octanol–water partition coefficient (Wildman–Crippen LogP) is 15.1. The summed E-state index contributed by atoms with van der Waals surface area (Å²) >= 11 is 0. The molecule has 0 spiro atoms. The first kappa shape index (κ1) is 74.1. The fraction of sp³-hybridized carbons (Fsp3) is 0.930. The lowest BCUT2D eigenvalue weighted by Gasteiger charge is -2.21. The van der Waals surface area contributed by atoms with Gasteiger partial charge in [0.1, 0.15) is 19.3 Å². The van der Waals surface area contributed by atoms with E-state index >= 15 is 0 Å². The van der Waals surface area contributed by atoms with Gasteiger partial charge in [-0.3, -0.25) is 37.3 Å². The molecule has 0 saturated heterocycles. The van der Waals surface area contributed by atoms with Crippen LogP contribution in [0, 0.1) is 5.92 Å². The van der Waals surface area contributed by atoms with Crippen LogP contribution in [-0.2, 0) is 65.4 Å². The molecule has 0 aliphatic rings. The van der Waals surface area contributed by atoms with E-state index in [4.69, 9.17) is 37.0 Å². The monoisotopic (exact) mass is 1130 g/mol. The minimum atomic E-state index is -4.93. The molecule has 0 radical (unpaired) electrons. The van der Waals surface area contributed by atoms with Crippen LogP contribution in [0.4, 0.5) is 0 Å². The number of unbranched alkanes of at least 4 members (excludes halogenated alkanes) is 29. The van der Waals surface area contributed by atoms with Gasteiger partial charge in [0.25, 0.3) is 0 Å². The van der Waals surface area contributed by atoms with Crippen molar-refractivity contribution in [3.63, 3.8) is 0 Å². The standard InChI is InChI=1S/C57H110O17P2/c1-6-9-12-15-17-18-19-23-27-31-36-41-55(60)68-47-53(74-57(62)43-38-33-28-24-21-20-22-26-30-34-39-50(4)5)49-72-76(65,66)70-45-51(58)44-69-75(63,64)71-48-52(46-67-54(59)40-35-29-14-11-8-3)73-56(61)42-37-32-25-16-13-10-7-2/h50-53,58H,6-49H2,1-5H3,(H,63,64)(H,65,66)/t51-,52+,53+/m0/s1. The Labute approximate surface area is 460 Å². The second kappa shape index (κ2) is 51.2. The van der Waals surface area contributed by atoms with Gasteiger partial charge >= 0.3 is 39.5 Å². The quantitative estimate of drug-likeness (QED) is 0.0222. The van der Waals surface area contributed by atoms with Crippen molar-refractivity contribution in [3.8, 4) is 0 Å². The smallest absolute Gasteiger partial charge is 0.462 e. The fourth-order valence-corrected chi connectivity index (χ4v) is 9.92. The molecule has 2 unspecified atom stereocenters. The number of hydrogen-bond donors (Lipinski definition) is 3. The summed E-state index contributed by atoms with van der Waals surface area (Å²) in [6, 6.07) is 0. The number of carbonyl (C=O) groups excluding carboxylic acids is 4. The van der Waals surface area contributed by atoms with Gasteiger partial charge in [0.15, 0.2) is 12.2 Å². The van der Waals surface area contributed by atoms with E-state index in [0.29, 0.717) is 25.7 Å². The number of aliphatic hydroxyl groups is 1. The summed E-state index contributed by atoms with van der Waals surface area (Å²) in [6.45, 7) is 6.99. The Morgan fingerprint density at radius 3 is 0.895 bits per heavy atom. The summed E-state index contributed by atoms with van der Waals surface area (Å²) in [4.78, 5) is 71.5. The van der Waals surface area contributed by atoms with Crippen LogP contribution in [0.15, 0.2) is 0 Å². The lowest BCUT2D eigenvalue weighted by molar-refractivity contribution is -0.161. The molecular weight excluding hydrogens is 1020 g/mol. The average molecular weight is 1130 g/mol. The van der Waals surface area contributed by atoms with Crippen LogP contribution in [0.25, 0.3) is 0 Å². The molecule has 0 fully saturated rings. The maximum Gasteiger partial charge on any atom is 0.472 e. The number of rotatable bonds is 57. The molecule has 0 saturated carbocycles. The largest absolute Gasteiger partial charge is 0.472 e. The normalized spacial score (nSPS) is 14.4. The molecule has 0 aromatic rings. The summed E-state index contributed by atoms with van der Waals surface area (Å²) < 4.78 is 67.4. The van der Waals surface area contributed by atoms with Gasteiger partial charge in [0.2, 0.25) is 0 Å². The van der Waals surface area contributed by atoms with E-state index in [0.717, 1.165) is 115 Å². The molecule has 0 rings (SSSR count). The number of ether oxygens (including phenoxy) is 4. The zero-order valence-corrected chi connectivity index (χ0v) is 50.2. The molecule has 0 aliphatic carbocycles. The Hall–Kier alpha value is -1.94. The van der Waals surface area contributed by atoms with Gasteiger partial charge in [-0.05, 0) is 31.6 Å². The van der Waals surface area contributed by atoms with Gasteiger partial charge in [-0.25, -0.2) is 9.13 Å². The number of aliphatic hydroxyl groups excluding tert-OH is 1. The van der Waals surface area contributed by atoms with Crippen LogP contribution in [0.1, 0.15) is 279 Å². The SMILES string of the molecule is CCCCCCCCCCCCCC(=O)OC[C@H](COP(=O)(O)OC[C@@H](O)COP(=O)(O)OC[C@@H](COC(=O)CCCCCCC)OC(=O)CCCCCCCCC)OC(=O)CCCCCCCCCCCCC(C)C. The van der Waals surface area contributed by atoms with Crippen LogP contribution in [0.3, 0.4) is 0 Å². The molecule has 17 nitrogen and oxygen atoms in total. The third kappa shape index (κ3) is 51.5. The average Bonchev–Trinajstić information content (AvgIpc) is 3.38. The molecule has 5 atom stereocenters. The van der Waals surface area contributed by atoms with E-state index in [1.807, 2.05) is 0 Å². The molecule has 19 heteroatoms. The zero-order chi connectivity index (χ0) is 56.4. The van der Waals surface area contributed by atoms with Crippen LogP contribution >= 0.6 is 15.6 Å². The van der Waals surface area contributed by atoms with Crippen molar-refractivity contribution in [2.24, 2.45) is 5.92 Å². The fourth-order valence-electron chi connectivity index (χ4n) is 8.34. The van der Waals surface area contributed by atoms with Crippen molar-refractivity contribution in [1.29, 1.82) is 0 Å². The van der Waals surface area contributed by atoms with Crippen LogP contribution in [0.2, 0.25) is 0 Å². The molecule has 3 N–H and O–H groups in total. The Morgan fingerprint density at radius 2 is 0.605 bits per heavy atom. The van der Waals surface area contributed by atoms with Crippen LogP contribution in [-0.4, -0.2) is 96.7 Å². The molecule has 0 amide bonds. The first-order valence-electron chi connectivity index (χ1n) is 30.1. The predicted molar refractivity (Wildman–Crippen MR) is 298 cm³/mol. The maximum atomic E-state index is 12.9. The number of carbonyl (C=O) groups is 4. The lowest BCUT2D eigenvalue weighted by Crippen LogP contribution is -2.30. The zero-order valence-electron chi connectivity index (χ0n) is 48.4. The summed E-state index contributed by atoms with van der Waals surface area (Å²) in [6.07, 6.45) is 32.5. The van der Waals surface area contributed by atoms with Crippen molar-refractivity contribution in [2.75, 3.05) is 39.6 Å². The minimum absolute atomic E-state index is 0.103. The number of phosphoric ester groups is 2. The Bertz CT molecular complexity index is 1500. The van der Waals surface area contributed by atoms with Gasteiger partial charge < -0.3 is 33.8 Å². The van der Waals surface area contributed by atoms with Crippen LogP contribution in [0.5, 0.6) is 0 Å². The summed E-state index contributed by atoms with van der Waals surface area (Å²) in [5, 5.41) is 10.5.